The number of anilines is 1. The average molecular weight is 245 g/mol. The van der Waals surface area contributed by atoms with Crippen LogP contribution in [0.1, 0.15) is 22.7 Å². The molecule has 1 unspecified atom stereocenters. The van der Waals surface area contributed by atoms with Gasteiger partial charge in [-0.05, 0) is 35.7 Å². The Bertz CT molecular complexity index is 554. The zero-order valence-corrected chi connectivity index (χ0v) is 10.2. The predicted octanol–water partition coefficient (Wildman–Crippen LogP) is 2.27. The highest BCUT2D eigenvalue weighted by atomic mass is 19.1. The summed E-state index contributed by atoms with van der Waals surface area (Å²) in [6.45, 7) is 1.72. The summed E-state index contributed by atoms with van der Waals surface area (Å²) in [5.74, 6) is 5.37. The van der Waals surface area contributed by atoms with Gasteiger partial charge in [-0.15, -0.1) is 0 Å². The van der Waals surface area contributed by atoms with Crippen LogP contribution in [-0.4, -0.2) is 0 Å². The quantitative estimate of drug-likeness (QED) is 0.441. The fourth-order valence-electron chi connectivity index (χ4n) is 1.99. The summed E-state index contributed by atoms with van der Waals surface area (Å²) < 4.78 is 13.3. The molecule has 2 aromatic rings. The molecule has 0 saturated carbocycles. The molecular formula is C14H16FN3. The molecule has 0 bridgehead atoms. The number of aryl methyl sites for hydroxylation is 1. The van der Waals surface area contributed by atoms with E-state index in [-0.39, 0.29) is 11.9 Å². The first-order valence-corrected chi connectivity index (χ1v) is 5.70. The maximum absolute atomic E-state index is 13.3. The summed E-state index contributed by atoms with van der Waals surface area (Å²) >= 11 is 0. The monoisotopic (exact) mass is 245 g/mol. The molecule has 5 N–H and O–H groups in total. The Labute approximate surface area is 106 Å². The largest absolute Gasteiger partial charge is 0.398 e. The molecule has 1 atom stereocenters. The number of hydrogen-bond donors (Lipinski definition) is 3. The summed E-state index contributed by atoms with van der Waals surface area (Å²) in [6.07, 6.45) is 0. The Morgan fingerprint density at radius 3 is 2.50 bits per heavy atom. The van der Waals surface area contributed by atoms with Crippen LogP contribution in [0.25, 0.3) is 0 Å². The van der Waals surface area contributed by atoms with Crippen molar-refractivity contribution in [3.63, 3.8) is 0 Å². The molecule has 0 aliphatic heterocycles. The minimum absolute atomic E-state index is 0.226. The Kier molecular flexibility index (Phi) is 3.60. The van der Waals surface area contributed by atoms with Crippen molar-refractivity contribution < 1.29 is 4.39 Å². The lowest BCUT2D eigenvalue weighted by atomic mass is 9.96. The lowest BCUT2D eigenvalue weighted by Gasteiger charge is -2.19. The Morgan fingerprint density at radius 1 is 1.17 bits per heavy atom. The minimum atomic E-state index is -0.245. The van der Waals surface area contributed by atoms with E-state index in [0.717, 1.165) is 11.1 Å². The molecule has 3 nitrogen and oxygen atoms in total. The van der Waals surface area contributed by atoms with E-state index in [2.05, 4.69) is 5.43 Å². The molecule has 2 rings (SSSR count). The van der Waals surface area contributed by atoms with E-state index in [0.29, 0.717) is 11.3 Å². The molecule has 18 heavy (non-hydrogen) atoms. The summed E-state index contributed by atoms with van der Waals surface area (Å²) in [7, 11) is 0. The molecule has 0 aliphatic carbocycles. The first-order chi connectivity index (χ1) is 8.63. The molecule has 4 heteroatoms. The highest BCUT2D eigenvalue weighted by Gasteiger charge is 2.15. The molecule has 0 aliphatic rings. The highest BCUT2D eigenvalue weighted by Crippen LogP contribution is 2.26. The molecule has 94 valence electrons. The van der Waals surface area contributed by atoms with Crippen molar-refractivity contribution >= 4 is 5.69 Å². The maximum atomic E-state index is 13.3. The van der Waals surface area contributed by atoms with Gasteiger partial charge in [-0.3, -0.25) is 5.84 Å². The van der Waals surface area contributed by atoms with Crippen LogP contribution in [0.2, 0.25) is 0 Å². The van der Waals surface area contributed by atoms with Gasteiger partial charge in [0.15, 0.2) is 0 Å². The van der Waals surface area contributed by atoms with Gasteiger partial charge >= 0.3 is 0 Å². The molecule has 0 fully saturated rings. The van der Waals surface area contributed by atoms with E-state index in [4.69, 9.17) is 11.6 Å². The van der Waals surface area contributed by atoms with Crippen LogP contribution < -0.4 is 17.0 Å². The lowest BCUT2D eigenvalue weighted by Crippen LogP contribution is -2.29. The number of rotatable bonds is 3. The molecule has 0 radical (unpaired) electrons. The molecule has 0 aromatic heterocycles. The van der Waals surface area contributed by atoms with Crippen molar-refractivity contribution in [1.29, 1.82) is 0 Å². The predicted molar refractivity (Wildman–Crippen MR) is 71.2 cm³/mol. The third-order valence-corrected chi connectivity index (χ3v) is 2.99. The fourth-order valence-corrected chi connectivity index (χ4v) is 1.99. The fraction of sp³-hybridized carbons (Fsp3) is 0.143. The second kappa shape index (κ2) is 5.16. The van der Waals surface area contributed by atoms with E-state index in [9.17, 15) is 4.39 Å². The van der Waals surface area contributed by atoms with Crippen LogP contribution in [0.15, 0.2) is 42.5 Å². The van der Waals surface area contributed by atoms with Crippen LogP contribution in [0.5, 0.6) is 0 Å². The summed E-state index contributed by atoms with van der Waals surface area (Å²) in [5.41, 5.74) is 11.7. The smallest absolute Gasteiger partial charge is 0.126 e. The number of hydrazine groups is 1. The third kappa shape index (κ3) is 2.34. The van der Waals surface area contributed by atoms with Gasteiger partial charge in [-0.25, -0.2) is 9.82 Å². The van der Waals surface area contributed by atoms with Gasteiger partial charge in [0.25, 0.3) is 0 Å². The Hall–Kier alpha value is -1.91. The third-order valence-electron chi connectivity index (χ3n) is 2.99. The van der Waals surface area contributed by atoms with E-state index in [1.54, 1.807) is 19.1 Å². The second-order valence-electron chi connectivity index (χ2n) is 4.24. The van der Waals surface area contributed by atoms with Crippen LogP contribution >= 0.6 is 0 Å². The first kappa shape index (κ1) is 12.5. The second-order valence-corrected chi connectivity index (χ2v) is 4.24. The number of hydrogen-bond acceptors (Lipinski definition) is 3. The van der Waals surface area contributed by atoms with Crippen molar-refractivity contribution in [1.82, 2.24) is 5.43 Å². The van der Waals surface area contributed by atoms with Gasteiger partial charge in [0.2, 0.25) is 0 Å². The summed E-state index contributed by atoms with van der Waals surface area (Å²) in [6, 6.07) is 12.1. The molecule has 0 heterocycles. The summed E-state index contributed by atoms with van der Waals surface area (Å²) in [4.78, 5) is 0. The molecule has 0 saturated heterocycles. The Morgan fingerprint density at radius 2 is 1.89 bits per heavy atom. The van der Waals surface area contributed by atoms with Gasteiger partial charge in [0.1, 0.15) is 5.82 Å². The van der Waals surface area contributed by atoms with Crippen molar-refractivity contribution in [2.45, 2.75) is 13.0 Å². The zero-order chi connectivity index (χ0) is 13.1. The number of benzene rings is 2. The van der Waals surface area contributed by atoms with Crippen LogP contribution in [0.4, 0.5) is 10.1 Å². The van der Waals surface area contributed by atoms with Crippen molar-refractivity contribution in [2.24, 2.45) is 5.84 Å². The highest BCUT2D eigenvalue weighted by molar-refractivity contribution is 5.51. The zero-order valence-electron chi connectivity index (χ0n) is 10.2. The lowest BCUT2D eigenvalue weighted by molar-refractivity contribution is 0.608. The molecule has 0 spiro atoms. The number of nitrogens with one attached hydrogen (secondary N) is 1. The molecular weight excluding hydrogens is 229 g/mol. The van der Waals surface area contributed by atoms with E-state index in [1.165, 1.54) is 6.07 Å². The van der Waals surface area contributed by atoms with Gasteiger partial charge < -0.3 is 5.73 Å². The molecule has 2 aromatic carbocycles. The molecule has 0 amide bonds. The average Bonchev–Trinajstić information content (AvgIpc) is 2.37. The topological polar surface area (TPSA) is 64.1 Å². The first-order valence-electron chi connectivity index (χ1n) is 5.70. The number of halogens is 1. The Balaban J connectivity index is 2.45. The van der Waals surface area contributed by atoms with E-state index in [1.807, 2.05) is 24.3 Å². The van der Waals surface area contributed by atoms with Gasteiger partial charge in [-0.2, -0.15) is 0 Å². The van der Waals surface area contributed by atoms with Gasteiger partial charge in [-0.1, -0.05) is 30.3 Å². The van der Waals surface area contributed by atoms with Gasteiger partial charge in [0.05, 0.1) is 6.04 Å². The van der Waals surface area contributed by atoms with E-state index >= 15 is 0 Å². The van der Waals surface area contributed by atoms with Crippen molar-refractivity contribution in [3.05, 3.63) is 65.0 Å². The number of nitrogens with two attached hydrogens (primary N) is 2. The standard InChI is InChI=1S/C14H16FN3/c1-9-8-10(6-7-12(9)15)14(18-17)11-4-2-3-5-13(11)16/h2-8,14,18H,16-17H2,1H3. The van der Waals surface area contributed by atoms with Crippen LogP contribution in [0, 0.1) is 12.7 Å². The van der Waals surface area contributed by atoms with E-state index < -0.39 is 0 Å². The van der Waals surface area contributed by atoms with Gasteiger partial charge in [0, 0.05) is 5.69 Å². The van der Waals surface area contributed by atoms with Crippen molar-refractivity contribution in [2.75, 3.05) is 5.73 Å². The number of para-hydroxylation sites is 1. The van der Waals surface area contributed by atoms with Crippen LogP contribution in [0.3, 0.4) is 0 Å². The SMILES string of the molecule is Cc1cc(C(NN)c2ccccc2N)ccc1F. The normalized spacial score (nSPS) is 12.4. The minimum Gasteiger partial charge on any atom is -0.398 e. The number of nitrogen functional groups attached to an aromatic ring is 1. The van der Waals surface area contributed by atoms with Crippen molar-refractivity contribution in [3.8, 4) is 0 Å². The summed E-state index contributed by atoms with van der Waals surface area (Å²) in [5, 5.41) is 0. The van der Waals surface area contributed by atoms with Crippen LogP contribution in [-0.2, 0) is 0 Å². The maximum Gasteiger partial charge on any atom is 0.126 e.